The van der Waals surface area contributed by atoms with Crippen molar-refractivity contribution in [3.05, 3.63) is 35.9 Å². The maximum absolute atomic E-state index is 11.5. The molecule has 1 saturated heterocycles. The van der Waals surface area contributed by atoms with Gasteiger partial charge in [0.05, 0.1) is 18.8 Å². The molecule has 2 aliphatic rings. The van der Waals surface area contributed by atoms with E-state index < -0.39 is 0 Å². The van der Waals surface area contributed by atoms with E-state index in [-0.39, 0.29) is 24.3 Å². The van der Waals surface area contributed by atoms with Crippen molar-refractivity contribution in [3.8, 4) is 0 Å². The summed E-state index contributed by atoms with van der Waals surface area (Å²) >= 11 is 0. The molecule has 1 aliphatic carbocycles. The highest BCUT2D eigenvalue weighted by Crippen LogP contribution is 2.38. The van der Waals surface area contributed by atoms with Crippen LogP contribution in [0.2, 0.25) is 0 Å². The molecule has 1 N–H and O–H groups in total. The number of carbonyl (C=O) groups excluding carboxylic acids is 1. The van der Waals surface area contributed by atoms with Gasteiger partial charge in [0.2, 0.25) is 0 Å². The Bertz CT molecular complexity index is 490. The van der Waals surface area contributed by atoms with Crippen LogP contribution in [0.4, 0.5) is 4.79 Å². The number of nitrogens with one attached hydrogen (secondary N) is 1. The van der Waals surface area contributed by atoms with Gasteiger partial charge in [-0.25, -0.2) is 4.79 Å². The molecule has 0 aromatic heterocycles. The molecule has 1 aromatic carbocycles. The highest BCUT2D eigenvalue weighted by molar-refractivity contribution is 5.70. The first-order chi connectivity index (χ1) is 10.2. The van der Waals surface area contributed by atoms with E-state index in [0.717, 1.165) is 18.4 Å². The molecule has 4 heteroatoms. The summed E-state index contributed by atoms with van der Waals surface area (Å²) in [4.78, 5) is 11.5. The molecule has 1 aliphatic heterocycles. The lowest BCUT2D eigenvalue weighted by Gasteiger charge is -2.41. The first-order valence-corrected chi connectivity index (χ1v) is 7.81. The molecular formula is C17H23NO3. The van der Waals surface area contributed by atoms with Crippen LogP contribution >= 0.6 is 0 Å². The smallest absolute Gasteiger partial charge is 0.407 e. The number of hydrogen-bond acceptors (Lipinski definition) is 3. The molecule has 1 saturated carbocycles. The lowest BCUT2D eigenvalue weighted by molar-refractivity contribution is -0.0777. The minimum Gasteiger partial charge on any atom is -0.444 e. The monoisotopic (exact) mass is 289 g/mol. The lowest BCUT2D eigenvalue weighted by atomic mass is 9.73. The van der Waals surface area contributed by atoms with E-state index in [1.54, 1.807) is 0 Å². The SMILES string of the molecule is CC[C@H]1C[C@@H]2OC(=O)N[C@@H]2[C@@H](OCc2ccccc2)[C@@H]1C. The number of alkyl carbamates (subject to hydrolysis) is 1. The third-order valence-corrected chi connectivity index (χ3v) is 4.90. The maximum atomic E-state index is 11.5. The van der Waals surface area contributed by atoms with Gasteiger partial charge >= 0.3 is 6.09 Å². The summed E-state index contributed by atoms with van der Waals surface area (Å²) in [6.07, 6.45) is 1.70. The molecule has 1 heterocycles. The van der Waals surface area contributed by atoms with E-state index in [2.05, 4.69) is 31.3 Å². The number of amides is 1. The Hall–Kier alpha value is -1.55. The molecule has 1 aromatic rings. The number of rotatable bonds is 4. The number of benzene rings is 1. The zero-order valence-electron chi connectivity index (χ0n) is 12.6. The van der Waals surface area contributed by atoms with Gasteiger partial charge in [-0.2, -0.15) is 0 Å². The minimum absolute atomic E-state index is 0.0142. The van der Waals surface area contributed by atoms with Crippen molar-refractivity contribution in [2.24, 2.45) is 11.8 Å². The van der Waals surface area contributed by atoms with Gasteiger partial charge in [-0.15, -0.1) is 0 Å². The lowest BCUT2D eigenvalue weighted by Crippen LogP contribution is -2.53. The van der Waals surface area contributed by atoms with Crippen molar-refractivity contribution in [3.63, 3.8) is 0 Å². The van der Waals surface area contributed by atoms with Gasteiger partial charge < -0.3 is 14.8 Å². The van der Waals surface area contributed by atoms with E-state index in [1.165, 1.54) is 0 Å². The van der Waals surface area contributed by atoms with Crippen LogP contribution < -0.4 is 5.32 Å². The Morgan fingerprint density at radius 3 is 2.81 bits per heavy atom. The van der Waals surface area contributed by atoms with E-state index in [0.29, 0.717) is 18.4 Å². The Morgan fingerprint density at radius 2 is 2.10 bits per heavy atom. The summed E-state index contributed by atoms with van der Waals surface area (Å²) in [5, 5.41) is 2.93. The van der Waals surface area contributed by atoms with Crippen LogP contribution in [-0.4, -0.2) is 24.3 Å². The zero-order valence-corrected chi connectivity index (χ0v) is 12.6. The van der Waals surface area contributed by atoms with Crippen molar-refractivity contribution in [2.75, 3.05) is 0 Å². The van der Waals surface area contributed by atoms with Gasteiger partial charge in [0.15, 0.2) is 0 Å². The molecular weight excluding hydrogens is 266 g/mol. The summed E-state index contributed by atoms with van der Waals surface area (Å²) in [6, 6.07) is 10.1. The van der Waals surface area contributed by atoms with Gasteiger partial charge in [0.1, 0.15) is 6.10 Å². The van der Waals surface area contributed by atoms with Crippen LogP contribution in [0.25, 0.3) is 0 Å². The predicted molar refractivity (Wildman–Crippen MR) is 79.8 cm³/mol. The van der Waals surface area contributed by atoms with Gasteiger partial charge in [0, 0.05) is 0 Å². The van der Waals surface area contributed by atoms with Crippen LogP contribution in [0.1, 0.15) is 32.3 Å². The fraction of sp³-hybridized carbons (Fsp3) is 0.588. The quantitative estimate of drug-likeness (QED) is 0.926. The molecule has 0 radical (unpaired) electrons. The van der Waals surface area contributed by atoms with Crippen molar-refractivity contribution in [2.45, 2.75) is 51.5 Å². The third kappa shape index (κ3) is 2.91. The normalized spacial score (nSPS) is 35.0. The molecule has 0 spiro atoms. The highest BCUT2D eigenvalue weighted by Gasteiger charge is 2.48. The van der Waals surface area contributed by atoms with E-state index in [1.807, 2.05) is 18.2 Å². The Kier molecular flexibility index (Phi) is 4.15. The maximum Gasteiger partial charge on any atom is 0.407 e. The number of hydrogen-bond donors (Lipinski definition) is 1. The summed E-state index contributed by atoms with van der Waals surface area (Å²) in [5.74, 6) is 0.960. The Morgan fingerprint density at radius 1 is 1.33 bits per heavy atom. The summed E-state index contributed by atoms with van der Waals surface area (Å²) in [5.41, 5.74) is 1.16. The molecule has 114 valence electrons. The van der Waals surface area contributed by atoms with Crippen LogP contribution in [0.15, 0.2) is 30.3 Å². The molecule has 0 bridgehead atoms. The fourth-order valence-corrected chi connectivity index (χ4v) is 3.63. The van der Waals surface area contributed by atoms with Gasteiger partial charge in [-0.05, 0) is 23.8 Å². The van der Waals surface area contributed by atoms with Crippen LogP contribution in [0, 0.1) is 11.8 Å². The molecule has 3 rings (SSSR count). The van der Waals surface area contributed by atoms with E-state index >= 15 is 0 Å². The first-order valence-electron chi connectivity index (χ1n) is 7.81. The molecule has 4 nitrogen and oxygen atoms in total. The van der Waals surface area contributed by atoms with Gasteiger partial charge in [-0.3, -0.25) is 0 Å². The predicted octanol–water partition coefficient (Wildman–Crippen LogP) is 3.11. The summed E-state index contributed by atoms with van der Waals surface area (Å²) in [7, 11) is 0. The third-order valence-electron chi connectivity index (χ3n) is 4.90. The Labute approximate surface area is 125 Å². The zero-order chi connectivity index (χ0) is 14.8. The second-order valence-electron chi connectivity index (χ2n) is 6.14. The van der Waals surface area contributed by atoms with Crippen molar-refractivity contribution < 1.29 is 14.3 Å². The second kappa shape index (κ2) is 6.06. The second-order valence-corrected chi connectivity index (χ2v) is 6.14. The largest absolute Gasteiger partial charge is 0.444 e. The summed E-state index contributed by atoms with van der Waals surface area (Å²) < 4.78 is 11.6. The minimum atomic E-state index is -0.303. The molecule has 2 fully saturated rings. The Balaban J connectivity index is 1.72. The average molecular weight is 289 g/mol. The van der Waals surface area contributed by atoms with Crippen molar-refractivity contribution in [1.29, 1.82) is 0 Å². The van der Waals surface area contributed by atoms with Crippen LogP contribution in [0.5, 0.6) is 0 Å². The number of ether oxygens (including phenoxy) is 2. The van der Waals surface area contributed by atoms with Crippen LogP contribution in [-0.2, 0) is 16.1 Å². The number of fused-ring (bicyclic) bond motifs is 1. The van der Waals surface area contributed by atoms with Crippen molar-refractivity contribution >= 4 is 6.09 Å². The van der Waals surface area contributed by atoms with Crippen LogP contribution in [0.3, 0.4) is 0 Å². The van der Waals surface area contributed by atoms with Gasteiger partial charge in [0.25, 0.3) is 0 Å². The number of carbonyl (C=O) groups is 1. The molecule has 5 atom stereocenters. The highest BCUT2D eigenvalue weighted by atomic mass is 16.6. The average Bonchev–Trinajstić information content (AvgIpc) is 2.87. The van der Waals surface area contributed by atoms with E-state index in [4.69, 9.17) is 9.47 Å². The molecule has 0 unspecified atom stereocenters. The topological polar surface area (TPSA) is 47.6 Å². The van der Waals surface area contributed by atoms with E-state index in [9.17, 15) is 4.79 Å². The molecule has 21 heavy (non-hydrogen) atoms. The summed E-state index contributed by atoms with van der Waals surface area (Å²) in [6.45, 7) is 5.00. The standard InChI is InChI=1S/C17H23NO3/c1-3-13-9-14-15(18-17(19)21-14)16(11(13)2)20-10-12-7-5-4-6-8-12/h4-8,11,13-16H,3,9-10H2,1-2H3,(H,18,19)/t11-,13+,14+,15+,16+/m1/s1. The first kappa shape index (κ1) is 14.4. The van der Waals surface area contributed by atoms with Crippen molar-refractivity contribution in [1.82, 2.24) is 5.32 Å². The van der Waals surface area contributed by atoms with Gasteiger partial charge in [-0.1, -0.05) is 50.6 Å². The molecule has 1 amide bonds. The fourth-order valence-electron chi connectivity index (χ4n) is 3.63.